The molecule has 0 aliphatic carbocycles. The summed E-state index contributed by atoms with van der Waals surface area (Å²) < 4.78 is 10.5. The van der Waals surface area contributed by atoms with Crippen molar-refractivity contribution in [2.45, 2.75) is 24.2 Å². The van der Waals surface area contributed by atoms with Gasteiger partial charge in [-0.2, -0.15) is 4.37 Å². The average molecular weight is 309 g/mol. The van der Waals surface area contributed by atoms with E-state index in [1.807, 2.05) is 19.1 Å². The minimum atomic E-state index is 0.310. The Bertz CT molecular complexity index is 488. The zero-order chi connectivity index (χ0) is 14.2. The maximum Gasteiger partial charge on any atom is 0.169 e. The van der Waals surface area contributed by atoms with Crippen molar-refractivity contribution in [1.82, 2.24) is 14.7 Å². The SMILES string of the molecule is CCNC(CSc1ncns1)c1ccc(OCC)cc1. The lowest BCUT2D eigenvalue weighted by Gasteiger charge is -2.17. The zero-order valence-corrected chi connectivity index (χ0v) is 13.3. The van der Waals surface area contributed by atoms with Crippen LogP contribution in [0.15, 0.2) is 34.9 Å². The molecule has 20 heavy (non-hydrogen) atoms. The lowest BCUT2D eigenvalue weighted by atomic mass is 10.1. The molecule has 1 aromatic carbocycles. The summed E-state index contributed by atoms with van der Waals surface area (Å²) in [6.07, 6.45) is 1.60. The maximum absolute atomic E-state index is 5.48. The summed E-state index contributed by atoms with van der Waals surface area (Å²) in [4.78, 5) is 4.20. The molecule has 1 N–H and O–H groups in total. The number of thioether (sulfide) groups is 1. The predicted octanol–water partition coefficient (Wildman–Crippen LogP) is 3.38. The quantitative estimate of drug-likeness (QED) is 0.758. The van der Waals surface area contributed by atoms with E-state index in [1.165, 1.54) is 17.1 Å². The van der Waals surface area contributed by atoms with Crippen molar-refractivity contribution < 1.29 is 4.74 Å². The van der Waals surface area contributed by atoms with E-state index >= 15 is 0 Å². The lowest BCUT2D eigenvalue weighted by Crippen LogP contribution is -2.22. The monoisotopic (exact) mass is 309 g/mol. The van der Waals surface area contributed by atoms with E-state index in [-0.39, 0.29) is 0 Å². The van der Waals surface area contributed by atoms with Crippen LogP contribution >= 0.6 is 23.3 Å². The van der Waals surface area contributed by atoms with Crippen molar-refractivity contribution in [2.24, 2.45) is 0 Å². The summed E-state index contributed by atoms with van der Waals surface area (Å²) >= 11 is 3.18. The van der Waals surface area contributed by atoms with Crippen molar-refractivity contribution in [2.75, 3.05) is 18.9 Å². The van der Waals surface area contributed by atoms with E-state index in [0.29, 0.717) is 12.6 Å². The second kappa shape index (κ2) is 8.24. The molecule has 0 saturated heterocycles. The average Bonchev–Trinajstić information content (AvgIpc) is 2.98. The fourth-order valence-corrected chi connectivity index (χ4v) is 3.43. The normalized spacial score (nSPS) is 12.3. The Labute approximate surface area is 128 Å². The third-order valence-corrected chi connectivity index (χ3v) is 4.65. The van der Waals surface area contributed by atoms with Crippen molar-refractivity contribution in [3.05, 3.63) is 36.2 Å². The first-order valence-corrected chi connectivity index (χ1v) is 8.45. The highest BCUT2D eigenvalue weighted by Crippen LogP contribution is 2.26. The number of nitrogens with one attached hydrogen (secondary N) is 1. The first-order chi connectivity index (χ1) is 9.83. The first-order valence-electron chi connectivity index (χ1n) is 6.69. The molecule has 1 heterocycles. The van der Waals surface area contributed by atoms with Gasteiger partial charge >= 0.3 is 0 Å². The molecule has 4 nitrogen and oxygen atoms in total. The second-order valence-electron chi connectivity index (χ2n) is 4.13. The van der Waals surface area contributed by atoms with Crippen LogP contribution in [0.1, 0.15) is 25.5 Å². The van der Waals surface area contributed by atoms with Gasteiger partial charge in [-0.05, 0) is 42.7 Å². The van der Waals surface area contributed by atoms with E-state index in [2.05, 4.69) is 33.7 Å². The van der Waals surface area contributed by atoms with Crippen LogP contribution in [0.4, 0.5) is 0 Å². The van der Waals surface area contributed by atoms with Crippen LogP contribution in [0.3, 0.4) is 0 Å². The van der Waals surface area contributed by atoms with Gasteiger partial charge in [0.1, 0.15) is 12.1 Å². The largest absolute Gasteiger partial charge is 0.494 e. The molecular weight excluding hydrogens is 290 g/mol. The highest BCUT2D eigenvalue weighted by atomic mass is 32.2. The molecule has 1 aromatic heterocycles. The van der Waals surface area contributed by atoms with Gasteiger partial charge in [-0.3, -0.25) is 0 Å². The van der Waals surface area contributed by atoms with Crippen LogP contribution in [0.2, 0.25) is 0 Å². The molecule has 0 fully saturated rings. The summed E-state index contributed by atoms with van der Waals surface area (Å²) in [5, 5.41) is 3.51. The van der Waals surface area contributed by atoms with Crippen molar-refractivity contribution in [1.29, 1.82) is 0 Å². The molecule has 0 aliphatic heterocycles. The Hall–Kier alpha value is -1.11. The molecule has 2 rings (SSSR count). The van der Waals surface area contributed by atoms with Gasteiger partial charge in [-0.1, -0.05) is 30.8 Å². The fourth-order valence-electron chi connectivity index (χ4n) is 1.86. The molecule has 0 aliphatic rings. The van der Waals surface area contributed by atoms with Gasteiger partial charge in [0.25, 0.3) is 0 Å². The van der Waals surface area contributed by atoms with Crippen LogP contribution in [0, 0.1) is 0 Å². The number of ether oxygens (including phenoxy) is 1. The Morgan fingerprint density at radius 2 is 2.10 bits per heavy atom. The van der Waals surface area contributed by atoms with Gasteiger partial charge in [0, 0.05) is 11.8 Å². The van der Waals surface area contributed by atoms with Gasteiger partial charge < -0.3 is 10.1 Å². The highest BCUT2D eigenvalue weighted by molar-refractivity contribution is 8.00. The maximum atomic E-state index is 5.48. The number of hydrogen-bond acceptors (Lipinski definition) is 6. The summed E-state index contributed by atoms with van der Waals surface area (Å²) in [6.45, 7) is 5.75. The van der Waals surface area contributed by atoms with E-state index in [1.54, 1.807) is 18.1 Å². The summed E-state index contributed by atoms with van der Waals surface area (Å²) in [5.74, 6) is 1.86. The van der Waals surface area contributed by atoms with Crippen LogP contribution in [0.5, 0.6) is 5.75 Å². The minimum absolute atomic E-state index is 0.310. The van der Waals surface area contributed by atoms with Gasteiger partial charge in [0.05, 0.1) is 6.61 Å². The Kier molecular flexibility index (Phi) is 6.29. The van der Waals surface area contributed by atoms with Crippen LogP contribution < -0.4 is 10.1 Å². The molecule has 0 radical (unpaired) electrons. The standard InChI is InChI=1S/C14H19N3OS2/c1-3-15-13(9-19-14-16-10-17-20-14)11-5-7-12(8-6-11)18-4-2/h5-8,10,13,15H,3-4,9H2,1-2H3. The van der Waals surface area contributed by atoms with Crippen molar-refractivity contribution in [3.8, 4) is 5.75 Å². The van der Waals surface area contributed by atoms with Gasteiger partial charge in [0.2, 0.25) is 0 Å². The Morgan fingerprint density at radius 3 is 2.70 bits per heavy atom. The topological polar surface area (TPSA) is 47.0 Å². The summed E-state index contributed by atoms with van der Waals surface area (Å²) in [5.41, 5.74) is 1.27. The third-order valence-electron chi connectivity index (χ3n) is 2.76. The van der Waals surface area contributed by atoms with Crippen LogP contribution in [0.25, 0.3) is 0 Å². The Balaban J connectivity index is 1.99. The Morgan fingerprint density at radius 1 is 1.30 bits per heavy atom. The number of nitrogens with zero attached hydrogens (tertiary/aromatic N) is 2. The van der Waals surface area contributed by atoms with Gasteiger partial charge in [-0.25, -0.2) is 4.98 Å². The molecular formula is C14H19N3OS2. The zero-order valence-electron chi connectivity index (χ0n) is 11.7. The number of aromatic nitrogens is 2. The highest BCUT2D eigenvalue weighted by Gasteiger charge is 2.12. The van der Waals surface area contributed by atoms with Gasteiger partial charge in [-0.15, -0.1) is 0 Å². The second-order valence-corrected chi connectivity index (χ2v) is 6.18. The van der Waals surface area contributed by atoms with E-state index in [4.69, 9.17) is 4.74 Å². The van der Waals surface area contributed by atoms with E-state index in [0.717, 1.165) is 22.4 Å². The van der Waals surface area contributed by atoms with Crippen molar-refractivity contribution >= 4 is 23.3 Å². The first kappa shape index (κ1) is 15.3. The number of rotatable bonds is 8. The van der Waals surface area contributed by atoms with Gasteiger partial charge in [0.15, 0.2) is 4.34 Å². The molecule has 108 valence electrons. The van der Waals surface area contributed by atoms with Crippen molar-refractivity contribution in [3.63, 3.8) is 0 Å². The molecule has 0 bridgehead atoms. The summed E-state index contributed by atoms with van der Waals surface area (Å²) in [6, 6.07) is 8.61. The third kappa shape index (κ3) is 4.47. The molecule has 1 atom stereocenters. The minimum Gasteiger partial charge on any atom is -0.494 e. The van der Waals surface area contributed by atoms with E-state index < -0.39 is 0 Å². The van der Waals surface area contributed by atoms with Crippen LogP contribution in [-0.2, 0) is 0 Å². The fraction of sp³-hybridized carbons (Fsp3) is 0.429. The molecule has 0 spiro atoms. The molecule has 0 amide bonds. The predicted molar refractivity (Wildman–Crippen MR) is 84.7 cm³/mol. The van der Waals surface area contributed by atoms with E-state index in [9.17, 15) is 0 Å². The molecule has 1 unspecified atom stereocenters. The lowest BCUT2D eigenvalue weighted by molar-refractivity contribution is 0.340. The molecule has 0 saturated carbocycles. The summed E-state index contributed by atoms with van der Waals surface area (Å²) in [7, 11) is 0. The number of hydrogen-bond donors (Lipinski definition) is 1. The molecule has 6 heteroatoms. The van der Waals surface area contributed by atoms with Crippen LogP contribution in [-0.4, -0.2) is 28.3 Å². The smallest absolute Gasteiger partial charge is 0.169 e. The molecule has 2 aromatic rings. The number of benzene rings is 1.